The summed E-state index contributed by atoms with van der Waals surface area (Å²) in [6.45, 7) is 4.09. The van der Waals surface area contributed by atoms with Crippen molar-refractivity contribution in [3.63, 3.8) is 0 Å². The minimum atomic E-state index is 0.524. The van der Waals surface area contributed by atoms with Gasteiger partial charge in [0.2, 0.25) is 0 Å². The Kier molecular flexibility index (Phi) is 7.17. The summed E-state index contributed by atoms with van der Waals surface area (Å²) in [6.07, 6.45) is 1.89. The summed E-state index contributed by atoms with van der Waals surface area (Å²) < 4.78 is 0. The maximum absolute atomic E-state index is 2.97. The van der Waals surface area contributed by atoms with Gasteiger partial charge in [-0.2, -0.15) is 0 Å². The molecule has 0 saturated heterocycles. The largest absolute Gasteiger partial charge is 0.0982 e. The minimum Gasteiger partial charge on any atom is -0.0982 e. The van der Waals surface area contributed by atoms with Gasteiger partial charge in [0.1, 0.15) is 0 Å². The molecule has 0 N–H and O–H groups in total. The van der Waals surface area contributed by atoms with Crippen molar-refractivity contribution in [3.05, 3.63) is 0 Å². The standard InChI is InChI=1S/C8H11P/c1-3-5-7-9-8-6-4-2/h9H,3-4H2,1-2H3. The highest BCUT2D eigenvalue weighted by Crippen LogP contribution is 2.01. The van der Waals surface area contributed by atoms with E-state index in [1.54, 1.807) is 0 Å². The quantitative estimate of drug-likeness (QED) is 0.356. The molecule has 0 amide bonds. The molecule has 0 saturated carbocycles. The summed E-state index contributed by atoms with van der Waals surface area (Å²) in [7, 11) is 0.524. The highest BCUT2D eigenvalue weighted by atomic mass is 31.1. The van der Waals surface area contributed by atoms with Gasteiger partial charge in [0.05, 0.1) is 0 Å². The zero-order valence-corrected chi connectivity index (χ0v) is 6.91. The Morgan fingerprint density at radius 1 is 1.00 bits per heavy atom. The molecule has 0 aliphatic carbocycles. The Labute approximate surface area is 59.2 Å². The molecule has 0 atom stereocenters. The fraction of sp³-hybridized carbons (Fsp3) is 0.500. The van der Waals surface area contributed by atoms with Gasteiger partial charge in [-0.3, -0.25) is 0 Å². The van der Waals surface area contributed by atoms with Crippen LogP contribution in [0, 0.1) is 23.2 Å². The van der Waals surface area contributed by atoms with Crippen LogP contribution in [0.1, 0.15) is 26.7 Å². The Balaban J connectivity index is 3.28. The molecule has 0 bridgehead atoms. The Morgan fingerprint density at radius 3 is 1.78 bits per heavy atom. The Morgan fingerprint density at radius 2 is 1.44 bits per heavy atom. The number of hydrogen-bond donors (Lipinski definition) is 0. The topological polar surface area (TPSA) is 0 Å². The average Bonchev–Trinajstić information content (AvgIpc) is 1.89. The van der Waals surface area contributed by atoms with Crippen LogP contribution >= 0.6 is 8.58 Å². The average molecular weight is 138 g/mol. The SMILES string of the molecule is CCC#CPC#CCC. The van der Waals surface area contributed by atoms with E-state index in [1.807, 2.05) is 13.8 Å². The van der Waals surface area contributed by atoms with Crippen LogP contribution < -0.4 is 0 Å². The van der Waals surface area contributed by atoms with Gasteiger partial charge in [0.25, 0.3) is 0 Å². The number of hydrogen-bond acceptors (Lipinski definition) is 0. The van der Waals surface area contributed by atoms with Gasteiger partial charge in [0.15, 0.2) is 0 Å². The monoisotopic (exact) mass is 138 g/mol. The summed E-state index contributed by atoms with van der Waals surface area (Å²) in [5.74, 6) is 5.93. The van der Waals surface area contributed by atoms with E-state index >= 15 is 0 Å². The van der Waals surface area contributed by atoms with Gasteiger partial charge in [-0.25, -0.2) is 0 Å². The first kappa shape index (κ1) is 8.55. The minimum absolute atomic E-state index is 0.524. The van der Waals surface area contributed by atoms with E-state index < -0.39 is 0 Å². The molecule has 0 nitrogen and oxygen atoms in total. The highest BCUT2D eigenvalue weighted by molar-refractivity contribution is 7.49. The summed E-state index contributed by atoms with van der Waals surface area (Å²) in [5, 5.41) is 0. The van der Waals surface area contributed by atoms with Crippen LogP contribution in [-0.2, 0) is 0 Å². The van der Waals surface area contributed by atoms with Gasteiger partial charge in [-0.15, -0.1) is 0 Å². The molecule has 0 aromatic carbocycles. The molecule has 0 heterocycles. The van der Waals surface area contributed by atoms with Crippen molar-refractivity contribution in [2.75, 3.05) is 0 Å². The fourth-order valence-corrected chi connectivity index (χ4v) is 0.889. The molecular formula is C8H11P. The van der Waals surface area contributed by atoms with Crippen LogP contribution in [0.25, 0.3) is 0 Å². The third-order valence-electron chi connectivity index (χ3n) is 0.655. The number of rotatable bonds is 0. The molecule has 0 aromatic rings. The molecule has 0 spiro atoms. The second-order valence-electron chi connectivity index (χ2n) is 1.44. The Bertz CT molecular complexity index is 140. The van der Waals surface area contributed by atoms with E-state index in [2.05, 4.69) is 23.2 Å². The van der Waals surface area contributed by atoms with E-state index in [4.69, 9.17) is 0 Å². The van der Waals surface area contributed by atoms with Gasteiger partial charge in [-0.05, 0) is 0 Å². The van der Waals surface area contributed by atoms with Gasteiger partial charge < -0.3 is 0 Å². The van der Waals surface area contributed by atoms with Crippen molar-refractivity contribution in [1.29, 1.82) is 0 Å². The molecular weight excluding hydrogens is 127 g/mol. The van der Waals surface area contributed by atoms with E-state index in [9.17, 15) is 0 Å². The molecule has 0 radical (unpaired) electrons. The van der Waals surface area contributed by atoms with E-state index in [-0.39, 0.29) is 0 Å². The first-order valence-corrected chi connectivity index (χ1v) is 4.12. The van der Waals surface area contributed by atoms with Crippen molar-refractivity contribution in [1.82, 2.24) is 0 Å². The van der Waals surface area contributed by atoms with Crippen LogP contribution in [0.5, 0.6) is 0 Å². The molecule has 48 valence electrons. The first-order chi connectivity index (χ1) is 4.41. The van der Waals surface area contributed by atoms with Crippen LogP contribution in [0.3, 0.4) is 0 Å². The fourth-order valence-electron chi connectivity index (χ4n) is 0.296. The van der Waals surface area contributed by atoms with Gasteiger partial charge in [0, 0.05) is 21.4 Å². The summed E-state index contributed by atoms with van der Waals surface area (Å²) in [6, 6.07) is 0. The molecule has 0 rings (SSSR count). The van der Waals surface area contributed by atoms with Crippen LogP contribution in [0.4, 0.5) is 0 Å². The molecule has 0 aromatic heterocycles. The maximum Gasteiger partial charge on any atom is 0.0358 e. The second-order valence-corrected chi connectivity index (χ2v) is 2.19. The van der Waals surface area contributed by atoms with Crippen molar-refractivity contribution in [3.8, 4) is 23.2 Å². The summed E-state index contributed by atoms with van der Waals surface area (Å²) in [4.78, 5) is 0. The molecule has 0 unspecified atom stereocenters. The zero-order valence-electron chi connectivity index (χ0n) is 5.91. The lowest BCUT2D eigenvalue weighted by atomic mass is 10.5. The van der Waals surface area contributed by atoms with E-state index in [1.165, 1.54) is 0 Å². The van der Waals surface area contributed by atoms with Crippen LogP contribution in [0.2, 0.25) is 0 Å². The van der Waals surface area contributed by atoms with Gasteiger partial charge in [-0.1, -0.05) is 37.0 Å². The zero-order chi connectivity index (χ0) is 6.95. The van der Waals surface area contributed by atoms with Crippen LogP contribution in [0.15, 0.2) is 0 Å². The lowest BCUT2D eigenvalue weighted by Crippen LogP contribution is -1.49. The van der Waals surface area contributed by atoms with E-state index in [0.717, 1.165) is 12.8 Å². The smallest absolute Gasteiger partial charge is 0.0358 e. The van der Waals surface area contributed by atoms with Crippen molar-refractivity contribution >= 4 is 8.58 Å². The predicted octanol–water partition coefficient (Wildman–Crippen LogP) is 2.41. The summed E-state index contributed by atoms with van der Waals surface area (Å²) in [5.41, 5.74) is 5.95. The van der Waals surface area contributed by atoms with Crippen molar-refractivity contribution in [2.24, 2.45) is 0 Å². The molecule has 9 heavy (non-hydrogen) atoms. The highest BCUT2D eigenvalue weighted by Gasteiger charge is 1.63. The molecule has 1 heteroatoms. The third-order valence-corrected chi connectivity index (χ3v) is 1.26. The Hall–Kier alpha value is -0.450. The lowest BCUT2D eigenvalue weighted by Gasteiger charge is -1.70. The summed E-state index contributed by atoms with van der Waals surface area (Å²) >= 11 is 0. The van der Waals surface area contributed by atoms with Crippen LogP contribution in [-0.4, -0.2) is 0 Å². The molecule has 0 aliphatic heterocycles. The molecule has 0 aliphatic rings. The first-order valence-electron chi connectivity index (χ1n) is 3.12. The normalized spacial score (nSPS) is 6.44. The van der Waals surface area contributed by atoms with Crippen molar-refractivity contribution < 1.29 is 0 Å². The van der Waals surface area contributed by atoms with Gasteiger partial charge >= 0.3 is 0 Å². The lowest BCUT2D eigenvalue weighted by molar-refractivity contribution is 1.28. The molecule has 0 fully saturated rings. The predicted molar refractivity (Wildman–Crippen MR) is 44.4 cm³/mol. The second kappa shape index (κ2) is 7.55. The maximum atomic E-state index is 2.97. The third kappa shape index (κ3) is 7.55. The van der Waals surface area contributed by atoms with E-state index in [0.29, 0.717) is 8.58 Å². The van der Waals surface area contributed by atoms with Crippen molar-refractivity contribution in [2.45, 2.75) is 26.7 Å².